The summed E-state index contributed by atoms with van der Waals surface area (Å²) in [5.41, 5.74) is 1.59. The molecule has 1 unspecified atom stereocenters. The largest absolute Gasteiger partial charge is 0.334 e. The molecule has 0 bridgehead atoms. The van der Waals surface area contributed by atoms with Gasteiger partial charge in [0.25, 0.3) is 11.8 Å². The molecule has 2 heterocycles. The number of nitriles is 1. The van der Waals surface area contributed by atoms with Gasteiger partial charge in [0.2, 0.25) is 0 Å². The van der Waals surface area contributed by atoms with Crippen LogP contribution in [0.2, 0.25) is 0 Å². The highest BCUT2D eigenvalue weighted by molar-refractivity contribution is 14.1. The van der Waals surface area contributed by atoms with Gasteiger partial charge in [-0.2, -0.15) is 10.4 Å². The van der Waals surface area contributed by atoms with Crippen molar-refractivity contribution in [2.24, 2.45) is 5.92 Å². The van der Waals surface area contributed by atoms with E-state index in [4.69, 9.17) is 0 Å². The lowest BCUT2D eigenvalue weighted by atomic mass is 9.96. The quantitative estimate of drug-likeness (QED) is 0.375. The van der Waals surface area contributed by atoms with Crippen molar-refractivity contribution >= 4 is 56.0 Å². The summed E-state index contributed by atoms with van der Waals surface area (Å²) in [6.45, 7) is 5.46. The maximum atomic E-state index is 13.4. The molecule has 2 N–H and O–H groups in total. The van der Waals surface area contributed by atoms with Crippen molar-refractivity contribution in [3.63, 3.8) is 0 Å². The highest BCUT2D eigenvalue weighted by atomic mass is 127. The van der Waals surface area contributed by atoms with E-state index in [1.807, 2.05) is 32.0 Å². The number of pyridine rings is 1. The number of rotatable bonds is 6. The minimum Gasteiger partial charge on any atom is -0.334 e. The molecule has 4 rings (SSSR count). The Kier molecular flexibility index (Phi) is 6.78. The maximum absolute atomic E-state index is 13.4. The smallest absolute Gasteiger partial charge is 0.274 e. The molecular formula is C24H22BrIN6O2. The number of carbonyl (C=O) groups excluding carboxylic acids is 2. The first-order chi connectivity index (χ1) is 16.1. The van der Waals surface area contributed by atoms with Crippen LogP contribution in [0.5, 0.6) is 0 Å². The van der Waals surface area contributed by atoms with Gasteiger partial charge in [-0.1, -0.05) is 6.07 Å². The number of anilines is 1. The van der Waals surface area contributed by atoms with E-state index in [0.29, 0.717) is 21.7 Å². The van der Waals surface area contributed by atoms with Crippen LogP contribution in [0.25, 0.3) is 5.82 Å². The zero-order chi connectivity index (χ0) is 24.6. The molecular weight excluding hydrogens is 611 g/mol. The first-order valence-electron chi connectivity index (χ1n) is 10.7. The van der Waals surface area contributed by atoms with Crippen molar-refractivity contribution in [2.75, 3.05) is 5.32 Å². The fourth-order valence-corrected chi connectivity index (χ4v) is 4.98. The second-order valence-corrected chi connectivity index (χ2v) is 10.6. The zero-order valence-electron chi connectivity index (χ0n) is 18.8. The Balaban J connectivity index is 1.69. The van der Waals surface area contributed by atoms with E-state index in [9.17, 15) is 14.9 Å². The van der Waals surface area contributed by atoms with Crippen LogP contribution in [0.3, 0.4) is 0 Å². The van der Waals surface area contributed by atoms with E-state index in [-0.39, 0.29) is 11.6 Å². The van der Waals surface area contributed by atoms with Crippen LogP contribution >= 0.6 is 38.5 Å². The normalized spacial score (nSPS) is 14.7. The van der Waals surface area contributed by atoms with Gasteiger partial charge in [0.15, 0.2) is 5.82 Å². The topological polar surface area (TPSA) is 113 Å². The molecule has 0 saturated heterocycles. The molecule has 1 aromatic carbocycles. The number of nitrogens with one attached hydrogen (secondary N) is 2. The number of hydrogen-bond donors (Lipinski definition) is 2. The molecule has 1 fully saturated rings. The fraction of sp³-hybridized carbons (Fsp3) is 0.292. The second-order valence-electron chi connectivity index (χ2n) is 8.55. The molecule has 1 aliphatic carbocycles. The van der Waals surface area contributed by atoms with Crippen molar-refractivity contribution in [1.29, 1.82) is 5.26 Å². The van der Waals surface area contributed by atoms with Gasteiger partial charge in [-0.25, -0.2) is 9.67 Å². The van der Waals surface area contributed by atoms with Crippen molar-refractivity contribution < 1.29 is 9.59 Å². The summed E-state index contributed by atoms with van der Waals surface area (Å²) < 4.78 is 2.80. The van der Waals surface area contributed by atoms with Crippen molar-refractivity contribution in [3.8, 4) is 11.9 Å². The third-order valence-electron chi connectivity index (χ3n) is 5.88. The summed E-state index contributed by atoms with van der Waals surface area (Å²) in [6, 6.07) is 11.1. The van der Waals surface area contributed by atoms with Crippen LogP contribution in [0.1, 0.15) is 51.7 Å². The lowest BCUT2D eigenvalue weighted by Gasteiger charge is -2.24. The minimum absolute atomic E-state index is 0.136. The zero-order valence-corrected chi connectivity index (χ0v) is 22.6. The predicted molar refractivity (Wildman–Crippen MR) is 140 cm³/mol. The van der Waals surface area contributed by atoms with Crippen LogP contribution in [0.4, 0.5) is 5.69 Å². The van der Waals surface area contributed by atoms with Crippen molar-refractivity contribution in [1.82, 2.24) is 20.1 Å². The molecule has 2 aromatic heterocycles. The summed E-state index contributed by atoms with van der Waals surface area (Å²) in [5.74, 6) is -0.170. The number of carbonyl (C=O) groups is 2. The molecule has 1 saturated carbocycles. The number of hydrogen-bond acceptors (Lipinski definition) is 5. The predicted octanol–water partition coefficient (Wildman–Crippen LogP) is 4.93. The number of benzene rings is 1. The van der Waals surface area contributed by atoms with E-state index >= 15 is 0 Å². The van der Waals surface area contributed by atoms with Gasteiger partial charge in [-0.3, -0.25) is 9.59 Å². The lowest BCUT2D eigenvalue weighted by molar-refractivity contribution is 0.0918. The molecule has 174 valence electrons. The second kappa shape index (κ2) is 9.46. The number of halogens is 2. The molecule has 1 aliphatic rings. The summed E-state index contributed by atoms with van der Waals surface area (Å²) in [5, 5.41) is 19.8. The third kappa shape index (κ3) is 4.86. The molecule has 34 heavy (non-hydrogen) atoms. The van der Waals surface area contributed by atoms with Crippen molar-refractivity contribution in [3.05, 3.63) is 67.1 Å². The number of amides is 2. The first kappa shape index (κ1) is 24.3. The van der Waals surface area contributed by atoms with Crippen LogP contribution in [0, 0.1) is 34.7 Å². The highest BCUT2D eigenvalue weighted by Crippen LogP contribution is 2.39. The average Bonchev–Trinajstić information content (AvgIpc) is 3.58. The van der Waals surface area contributed by atoms with E-state index in [0.717, 1.165) is 27.5 Å². The Morgan fingerprint density at radius 1 is 1.24 bits per heavy atom. The van der Waals surface area contributed by atoms with Gasteiger partial charge in [0.05, 0.1) is 17.3 Å². The van der Waals surface area contributed by atoms with Gasteiger partial charge in [0.1, 0.15) is 15.8 Å². The van der Waals surface area contributed by atoms with Crippen LogP contribution < -0.4 is 10.6 Å². The molecule has 0 radical (unpaired) electrons. The molecule has 0 spiro atoms. The SMILES string of the molecule is Cc1cccnc1-n1nc(Br)cc1C(=O)Nc1c(C)cc(I)cc1C(=O)NC(C)(C#N)C1CC1. The number of aryl methyl sites for hydroxylation is 2. The molecule has 0 aliphatic heterocycles. The summed E-state index contributed by atoms with van der Waals surface area (Å²) >= 11 is 5.48. The number of aromatic nitrogens is 3. The van der Waals surface area contributed by atoms with E-state index in [1.54, 1.807) is 25.3 Å². The van der Waals surface area contributed by atoms with Gasteiger partial charge >= 0.3 is 0 Å². The Bertz CT molecular complexity index is 1340. The first-order valence-corrected chi connectivity index (χ1v) is 12.5. The molecule has 10 heteroatoms. The molecule has 3 aromatic rings. The summed E-state index contributed by atoms with van der Waals surface area (Å²) in [7, 11) is 0. The summed E-state index contributed by atoms with van der Waals surface area (Å²) in [4.78, 5) is 31.0. The Morgan fingerprint density at radius 3 is 2.62 bits per heavy atom. The van der Waals surface area contributed by atoms with E-state index in [2.05, 4.69) is 65.3 Å². The molecule has 2 amide bonds. The number of nitrogens with zero attached hydrogens (tertiary/aromatic N) is 4. The fourth-order valence-electron chi connectivity index (χ4n) is 3.83. The standard InChI is InChI=1S/C24H22BrIN6O2/c1-13-5-4-8-28-21(13)32-18(11-19(25)31-32)23(34)29-20-14(2)9-16(26)10-17(20)22(33)30-24(3,12-27)15-6-7-15/h4-5,8-11,15H,6-7H2,1-3H3,(H,29,34)(H,30,33). The molecule has 1 atom stereocenters. The third-order valence-corrected chi connectivity index (χ3v) is 6.89. The lowest BCUT2D eigenvalue weighted by Crippen LogP contribution is -2.47. The van der Waals surface area contributed by atoms with Crippen LogP contribution in [-0.2, 0) is 0 Å². The summed E-state index contributed by atoms with van der Waals surface area (Å²) in [6.07, 6.45) is 3.45. The Morgan fingerprint density at radius 2 is 1.97 bits per heavy atom. The van der Waals surface area contributed by atoms with Crippen molar-refractivity contribution in [2.45, 2.75) is 39.2 Å². The van der Waals surface area contributed by atoms with E-state index < -0.39 is 17.4 Å². The average molecular weight is 633 g/mol. The monoisotopic (exact) mass is 632 g/mol. The van der Waals surface area contributed by atoms with Gasteiger partial charge in [-0.05, 0) is 107 Å². The molecule has 8 nitrogen and oxygen atoms in total. The van der Waals surface area contributed by atoms with Gasteiger partial charge < -0.3 is 10.6 Å². The van der Waals surface area contributed by atoms with Gasteiger partial charge in [0, 0.05) is 15.8 Å². The Hall–Kier alpha value is -2.78. The van der Waals surface area contributed by atoms with E-state index in [1.165, 1.54) is 4.68 Å². The van der Waals surface area contributed by atoms with Gasteiger partial charge in [-0.15, -0.1) is 0 Å². The van der Waals surface area contributed by atoms with Crippen LogP contribution in [0.15, 0.2) is 41.1 Å². The van der Waals surface area contributed by atoms with Crippen LogP contribution in [-0.4, -0.2) is 32.1 Å². The highest BCUT2D eigenvalue weighted by Gasteiger charge is 2.43. The maximum Gasteiger partial charge on any atom is 0.274 e. The Labute approximate surface area is 219 Å². The minimum atomic E-state index is -0.951.